The third-order valence-corrected chi connectivity index (χ3v) is 6.46. The molecule has 1 unspecified atom stereocenters. The van der Waals surface area contributed by atoms with Crippen molar-refractivity contribution >= 4 is 56.4 Å². The summed E-state index contributed by atoms with van der Waals surface area (Å²) in [6.07, 6.45) is 1.42. The van der Waals surface area contributed by atoms with Gasteiger partial charge in [0, 0.05) is 17.7 Å². The number of benzene rings is 2. The number of aromatic nitrogens is 2. The number of nitrogens with two attached hydrogens (primary N) is 1. The molecule has 0 saturated carbocycles. The first-order valence-corrected chi connectivity index (χ1v) is 12.4. The Balaban J connectivity index is 0.000000203. The highest BCUT2D eigenvalue weighted by Crippen LogP contribution is 2.35. The quantitative estimate of drug-likeness (QED) is 0.266. The molecule has 4 aromatic rings. The van der Waals surface area contributed by atoms with Crippen LogP contribution in [-0.2, 0) is 17.6 Å². The second-order valence-corrected chi connectivity index (χ2v) is 9.67. The van der Waals surface area contributed by atoms with Crippen LogP contribution in [0.25, 0.3) is 11.3 Å². The van der Waals surface area contributed by atoms with Crippen molar-refractivity contribution in [2.45, 2.75) is 11.6 Å². The van der Waals surface area contributed by atoms with E-state index in [9.17, 15) is 18.3 Å². The predicted molar refractivity (Wildman–Crippen MR) is 135 cm³/mol. The fraction of sp³-hybridized carbons (Fsp3) is 0.0909. The van der Waals surface area contributed by atoms with Crippen LogP contribution in [0.1, 0.15) is 5.56 Å². The van der Waals surface area contributed by atoms with E-state index in [1.807, 2.05) is 0 Å². The van der Waals surface area contributed by atoms with Gasteiger partial charge in [-0.25, -0.2) is 14.4 Å². The average Bonchev–Trinajstić information content (AvgIpc) is 3.18. The Morgan fingerprint density at radius 3 is 2.60 bits per heavy atom. The van der Waals surface area contributed by atoms with E-state index < -0.39 is 16.9 Å². The van der Waals surface area contributed by atoms with Gasteiger partial charge in [0.15, 0.2) is 16.6 Å². The van der Waals surface area contributed by atoms with Crippen LogP contribution in [0.15, 0.2) is 59.8 Å². The third kappa shape index (κ3) is 7.03. The van der Waals surface area contributed by atoms with Crippen molar-refractivity contribution in [3.63, 3.8) is 0 Å². The maximum absolute atomic E-state index is 13.2. The van der Waals surface area contributed by atoms with Gasteiger partial charge in [-0.05, 0) is 41.4 Å². The van der Waals surface area contributed by atoms with E-state index in [1.165, 1.54) is 31.5 Å². The number of nitrogen functional groups attached to an aromatic ring is 1. The van der Waals surface area contributed by atoms with E-state index in [2.05, 4.69) is 15.3 Å². The summed E-state index contributed by atoms with van der Waals surface area (Å²) in [7, 11) is 1.48. The molecule has 0 radical (unpaired) electrons. The number of nitrogens with one attached hydrogen (secondary N) is 1. The lowest BCUT2D eigenvalue weighted by Crippen LogP contribution is -2.02. The van der Waals surface area contributed by atoms with E-state index in [4.69, 9.17) is 33.7 Å². The van der Waals surface area contributed by atoms with Crippen LogP contribution in [0, 0.1) is 5.82 Å². The SMILES string of the molecule is COc1cccc(CNc2ccc(S(=O)[O-])nc2)c1O.Nc1nc(-c2ccc(Cl)c(F)c2)c(Cl)s1. The van der Waals surface area contributed by atoms with Gasteiger partial charge in [0.2, 0.25) is 0 Å². The van der Waals surface area contributed by atoms with Gasteiger partial charge in [-0.3, -0.25) is 4.21 Å². The summed E-state index contributed by atoms with van der Waals surface area (Å²) < 4.78 is 40.0. The fourth-order valence-electron chi connectivity index (χ4n) is 2.79. The number of rotatable bonds is 6. The maximum Gasteiger partial charge on any atom is 0.182 e. The van der Waals surface area contributed by atoms with Crippen LogP contribution < -0.4 is 15.8 Å². The Morgan fingerprint density at radius 2 is 2.03 bits per heavy atom. The number of halogens is 3. The van der Waals surface area contributed by atoms with Gasteiger partial charge in [0.1, 0.15) is 20.9 Å². The lowest BCUT2D eigenvalue weighted by molar-refractivity contribution is 0.371. The molecule has 0 saturated heterocycles. The van der Waals surface area contributed by atoms with Gasteiger partial charge in [0.25, 0.3) is 0 Å². The minimum absolute atomic E-state index is 0.0141. The number of ether oxygens (including phenoxy) is 1. The number of nitrogens with zero attached hydrogens (tertiary/aromatic N) is 2. The Morgan fingerprint density at radius 1 is 1.26 bits per heavy atom. The number of pyridine rings is 1. The monoisotopic (exact) mass is 555 g/mol. The topological polar surface area (TPSA) is 133 Å². The van der Waals surface area contributed by atoms with Gasteiger partial charge in [-0.1, -0.05) is 52.7 Å². The number of thiazole rings is 1. The van der Waals surface area contributed by atoms with E-state index in [-0.39, 0.29) is 15.8 Å². The summed E-state index contributed by atoms with van der Waals surface area (Å²) in [5.74, 6) is -0.0240. The Hall–Kier alpha value is -2.96. The van der Waals surface area contributed by atoms with Crippen LogP contribution in [0.5, 0.6) is 11.5 Å². The summed E-state index contributed by atoms with van der Waals surface area (Å²) in [5, 5.41) is 13.4. The predicted octanol–water partition coefficient (Wildman–Crippen LogP) is 5.48. The minimum atomic E-state index is -2.33. The number of hydrogen-bond acceptors (Lipinski definition) is 9. The highest BCUT2D eigenvalue weighted by molar-refractivity contribution is 7.79. The number of para-hydroxylation sites is 1. The molecule has 8 nitrogen and oxygen atoms in total. The molecule has 184 valence electrons. The van der Waals surface area contributed by atoms with Gasteiger partial charge in [-0.2, -0.15) is 0 Å². The van der Waals surface area contributed by atoms with E-state index in [0.717, 1.165) is 11.3 Å². The lowest BCUT2D eigenvalue weighted by atomic mass is 10.2. The molecule has 0 spiro atoms. The van der Waals surface area contributed by atoms with Crippen molar-refractivity contribution in [2.75, 3.05) is 18.2 Å². The summed E-state index contributed by atoms with van der Waals surface area (Å²) in [6, 6.07) is 12.6. The molecule has 2 heterocycles. The Labute approximate surface area is 216 Å². The third-order valence-electron chi connectivity index (χ3n) is 4.49. The van der Waals surface area contributed by atoms with Gasteiger partial charge < -0.3 is 25.4 Å². The first kappa shape index (κ1) is 26.6. The molecule has 0 aliphatic heterocycles. The molecule has 13 heteroatoms. The Kier molecular flexibility index (Phi) is 9.24. The fourth-order valence-corrected chi connectivity index (χ4v) is 4.20. The number of phenolic OH excluding ortho intramolecular Hbond substituents is 1. The van der Waals surface area contributed by atoms with Gasteiger partial charge in [-0.15, -0.1) is 0 Å². The number of aromatic hydroxyl groups is 1. The summed E-state index contributed by atoms with van der Waals surface area (Å²) in [4.78, 5) is 7.79. The van der Waals surface area contributed by atoms with E-state index in [0.29, 0.717) is 44.3 Å². The summed E-state index contributed by atoms with van der Waals surface area (Å²) >= 11 is 10.3. The maximum atomic E-state index is 13.2. The van der Waals surface area contributed by atoms with E-state index in [1.54, 1.807) is 30.3 Å². The second kappa shape index (κ2) is 12.1. The standard InChI is InChI=1S/C13H14N2O4S.C9H5Cl2FN2S/c1-19-11-4-2-3-9(13(11)16)7-14-10-5-6-12(15-8-10)20(17)18;10-5-2-1-4(3-6(5)12)7-8(11)15-9(13)14-7/h2-6,8,14,16H,7H2,1H3,(H,17,18);1-3H,(H2,13,14)/p-1. The molecule has 1 atom stereocenters. The van der Waals surface area contributed by atoms with Crippen molar-refractivity contribution < 1.29 is 23.0 Å². The van der Waals surface area contributed by atoms with Crippen LogP contribution in [0.4, 0.5) is 15.2 Å². The zero-order chi connectivity index (χ0) is 25.5. The molecule has 4 N–H and O–H groups in total. The zero-order valence-electron chi connectivity index (χ0n) is 18.0. The second-order valence-electron chi connectivity index (χ2n) is 6.74. The van der Waals surface area contributed by atoms with Crippen molar-refractivity contribution in [2.24, 2.45) is 0 Å². The first-order chi connectivity index (χ1) is 16.7. The van der Waals surface area contributed by atoms with Crippen molar-refractivity contribution in [3.05, 3.63) is 75.5 Å². The Bertz CT molecular complexity index is 1340. The number of methoxy groups -OCH3 is 1. The minimum Gasteiger partial charge on any atom is -0.767 e. The molecule has 0 fully saturated rings. The number of phenols is 1. The molecular weight excluding hydrogens is 538 g/mol. The largest absolute Gasteiger partial charge is 0.767 e. The molecule has 0 amide bonds. The summed E-state index contributed by atoms with van der Waals surface area (Å²) in [6.45, 7) is 0.366. The average molecular weight is 556 g/mol. The molecular formula is C22H18Cl2FN4O4S2-. The van der Waals surface area contributed by atoms with Crippen LogP contribution >= 0.6 is 34.5 Å². The molecule has 0 bridgehead atoms. The molecule has 0 aliphatic carbocycles. The normalized spacial score (nSPS) is 11.3. The molecule has 0 aliphatic rings. The van der Waals surface area contributed by atoms with Crippen molar-refractivity contribution in [3.8, 4) is 22.8 Å². The molecule has 35 heavy (non-hydrogen) atoms. The van der Waals surface area contributed by atoms with Crippen molar-refractivity contribution in [1.29, 1.82) is 0 Å². The number of anilines is 2. The zero-order valence-corrected chi connectivity index (χ0v) is 21.1. The molecule has 4 rings (SSSR count). The van der Waals surface area contributed by atoms with Gasteiger partial charge in [0.05, 0.1) is 24.0 Å². The molecule has 2 aromatic carbocycles. The van der Waals surface area contributed by atoms with Gasteiger partial charge >= 0.3 is 0 Å². The molecule has 2 aromatic heterocycles. The van der Waals surface area contributed by atoms with Crippen LogP contribution in [0.2, 0.25) is 9.36 Å². The van der Waals surface area contributed by atoms with Crippen LogP contribution in [0.3, 0.4) is 0 Å². The van der Waals surface area contributed by atoms with Crippen LogP contribution in [-0.4, -0.2) is 30.9 Å². The first-order valence-electron chi connectivity index (χ1n) is 9.70. The highest BCUT2D eigenvalue weighted by atomic mass is 35.5. The lowest BCUT2D eigenvalue weighted by Gasteiger charge is -2.11. The smallest absolute Gasteiger partial charge is 0.182 e. The highest BCUT2D eigenvalue weighted by Gasteiger charge is 2.11. The number of hydrogen-bond donors (Lipinski definition) is 3. The van der Waals surface area contributed by atoms with E-state index >= 15 is 0 Å². The van der Waals surface area contributed by atoms with Crippen molar-refractivity contribution in [1.82, 2.24) is 9.97 Å². The summed E-state index contributed by atoms with van der Waals surface area (Å²) in [5.41, 5.74) is 7.86.